The number of benzene rings is 2. The summed E-state index contributed by atoms with van der Waals surface area (Å²) in [4.78, 5) is 12.9. The molecule has 1 aromatic heterocycles. The van der Waals surface area contributed by atoms with Gasteiger partial charge in [-0.2, -0.15) is 0 Å². The van der Waals surface area contributed by atoms with E-state index in [-0.39, 0.29) is 23.8 Å². The fourth-order valence-electron chi connectivity index (χ4n) is 2.09. The van der Waals surface area contributed by atoms with Crippen molar-refractivity contribution in [3.05, 3.63) is 69.0 Å². The van der Waals surface area contributed by atoms with Gasteiger partial charge in [0.2, 0.25) is 0 Å². The van der Waals surface area contributed by atoms with Crippen molar-refractivity contribution < 1.29 is 13.6 Å². The molecule has 0 radical (unpaired) electrons. The van der Waals surface area contributed by atoms with Crippen molar-refractivity contribution in [2.24, 2.45) is 0 Å². The molecule has 3 aromatic rings. The van der Waals surface area contributed by atoms with E-state index in [0.717, 1.165) is 4.70 Å². The summed E-state index contributed by atoms with van der Waals surface area (Å²) in [6, 6.07) is 10.4. The lowest BCUT2D eigenvalue weighted by atomic mass is 10.1. The highest BCUT2D eigenvalue weighted by Gasteiger charge is 2.13. The molecule has 1 nitrogen and oxygen atoms in total. The molecule has 0 aliphatic carbocycles. The second-order valence-corrected chi connectivity index (χ2v) is 6.57. The molecule has 0 unspecified atom stereocenters. The fraction of sp³-hybridized carbons (Fsp3) is 0.0625. The highest BCUT2D eigenvalue weighted by Crippen LogP contribution is 2.28. The molecular formula is C16H9BrF2OS. The lowest BCUT2D eigenvalue weighted by Gasteiger charge is -2.02. The SMILES string of the molecule is O=C(Cc1cc(F)ccc1Br)c1cc2cc(F)ccc2s1. The molecule has 0 saturated heterocycles. The van der Waals surface area contributed by atoms with Gasteiger partial charge < -0.3 is 0 Å². The third kappa shape index (κ3) is 3.04. The molecular weight excluding hydrogens is 358 g/mol. The minimum Gasteiger partial charge on any atom is -0.293 e. The smallest absolute Gasteiger partial charge is 0.177 e. The molecule has 2 aromatic carbocycles. The van der Waals surface area contributed by atoms with Crippen LogP contribution in [0.2, 0.25) is 0 Å². The molecule has 0 saturated carbocycles. The second kappa shape index (κ2) is 5.66. The zero-order valence-electron chi connectivity index (χ0n) is 10.7. The molecule has 106 valence electrons. The second-order valence-electron chi connectivity index (χ2n) is 4.63. The number of halogens is 3. The van der Waals surface area contributed by atoms with E-state index in [4.69, 9.17) is 0 Å². The van der Waals surface area contributed by atoms with Crippen molar-refractivity contribution >= 4 is 43.1 Å². The lowest BCUT2D eigenvalue weighted by Crippen LogP contribution is -2.02. The van der Waals surface area contributed by atoms with Gasteiger partial charge in [0, 0.05) is 15.6 Å². The standard InChI is InChI=1S/C16H9BrF2OS/c17-13-3-1-11(18)5-9(13)7-14(20)16-8-10-6-12(19)2-4-15(10)21-16/h1-6,8H,7H2. The Labute approximate surface area is 132 Å². The van der Waals surface area contributed by atoms with Crippen LogP contribution in [-0.2, 0) is 6.42 Å². The molecule has 0 amide bonds. The maximum Gasteiger partial charge on any atom is 0.177 e. The minimum absolute atomic E-state index is 0.105. The van der Waals surface area contributed by atoms with E-state index >= 15 is 0 Å². The highest BCUT2D eigenvalue weighted by molar-refractivity contribution is 9.10. The van der Waals surface area contributed by atoms with Crippen LogP contribution in [0.25, 0.3) is 10.1 Å². The van der Waals surface area contributed by atoms with E-state index in [1.54, 1.807) is 18.2 Å². The Morgan fingerprint density at radius 2 is 1.76 bits per heavy atom. The largest absolute Gasteiger partial charge is 0.293 e. The van der Waals surface area contributed by atoms with Gasteiger partial charge in [0.05, 0.1) is 4.88 Å². The Hall–Kier alpha value is -1.59. The van der Waals surface area contributed by atoms with Crippen molar-refractivity contribution in [3.8, 4) is 0 Å². The predicted octanol–water partition coefficient (Wildman–Crippen LogP) is 5.37. The summed E-state index contributed by atoms with van der Waals surface area (Å²) in [6.07, 6.45) is 0.105. The third-order valence-corrected chi connectivity index (χ3v) is 5.04. The van der Waals surface area contributed by atoms with Crippen molar-refractivity contribution in [1.82, 2.24) is 0 Å². The van der Waals surface area contributed by atoms with Crippen molar-refractivity contribution in [1.29, 1.82) is 0 Å². The predicted molar refractivity (Wildman–Crippen MR) is 83.9 cm³/mol. The van der Waals surface area contributed by atoms with Crippen LogP contribution in [0.3, 0.4) is 0 Å². The monoisotopic (exact) mass is 366 g/mol. The Morgan fingerprint density at radius 3 is 2.57 bits per heavy atom. The normalized spacial score (nSPS) is 11.0. The molecule has 0 N–H and O–H groups in total. The maximum absolute atomic E-state index is 13.2. The maximum atomic E-state index is 13.2. The summed E-state index contributed by atoms with van der Waals surface area (Å²) >= 11 is 4.63. The van der Waals surface area contributed by atoms with Gasteiger partial charge in [-0.3, -0.25) is 4.79 Å². The molecule has 5 heteroatoms. The van der Waals surface area contributed by atoms with Crippen LogP contribution in [0.15, 0.2) is 46.9 Å². The number of rotatable bonds is 3. The van der Waals surface area contributed by atoms with E-state index in [0.29, 0.717) is 20.3 Å². The number of carbonyl (C=O) groups excluding carboxylic acids is 1. The van der Waals surface area contributed by atoms with Gasteiger partial charge >= 0.3 is 0 Å². The third-order valence-electron chi connectivity index (χ3n) is 3.11. The van der Waals surface area contributed by atoms with Gasteiger partial charge in [-0.15, -0.1) is 11.3 Å². The van der Waals surface area contributed by atoms with Crippen LogP contribution in [0, 0.1) is 11.6 Å². The van der Waals surface area contributed by atoms with Crippen LogP contribution in [0.4, 0.5) is 8.78 Å². The van der Waals surface area contributed by atoms with Crippen LogP contribution in [0.5, 0.6) is 0 Å². The molecule has 0 aliphatic rings. The summed E-state index contributed by atoms with van der Waals surface area (Å²) in [6.45, 7) is 0. The summed E-state index contributed by atoms with van der Waals surface area (Å²) < 4.78 is 28.0. The Bertz CT molecular complexity index is 841. The summed E-state index contributed by atoms with van der Waals surface area (Å²) in [5, 5.41) is 0.710. The van der Waals surface area contributed by atoms with Crippen LogP contribution in [0.1, 0.15) is 15.2 Å². The zero-order chi connectivity index (χ0) is 15.0. The van der Waals surface area contributed by atoms with Crippen LogP contribution in [-0.4, -0.2) is 5.78 Å². The number of hydrogen-bond donors (Lipinski definition) is 0. The first kappa shape index (κ1) is 14.4. The van der Waals surface area contributed by atoms with Crippen molar-refractivity contribution in [2.75, 3.05) is 0 Å². The number of fused-ring (bicyclic) bond motifs is 1. The average Bonchev–Trinajstić information content (AvgIpc) is 2.86. The molecule has 1 heterocycles. The van der Waals surface area contributed by atoms with Crippen molar-refractivity contribution in [2.45, 2.75) is 6.42 Å². The number of Topliss-reactive ketones (excluding diaryl/α,β-unsaturated/α-hetero) is 1. The topological polar surface area (TPSA) is 17.1 Å². The summed E-state index contributed by atoms with van der Waals surface area (Å²) in [5.74, 6) is -0.811. The van der Waals surface area contributed by atoms with Gasteiger partial charge in [0.15, 0.2) is 5.78 Å². The first-order valence-electron chi connectivity index (χ1n) is 6.19. The number of carbonyl (C=O) groups is 1. The first-order valence-corrected chi connectivity index (χ1v) is 7.80. The molecule has 0 spiro atoms. The van der Waals surface area contributed by atoms with Gasteiger partial charge in [-0.1, -0.05) is 15.9 Å². The van der Waals surface area contributed by atoms with E-state index in [2.05, 4.69) is 15.9 Å². The lowest BCUT2D eigenvalue weighted by molar-refractivity contribution is 0.0996. The van der Waals surface area contributed by atoms with E-state index in [1.165, 1.54) is 35.6 Å². The molecule has 0 bridgehead atoms. The molecule has 21 heavy (non-hydrogen) atoms. The molecule has 0 fully saturated rings. The first-order chi connectivity index (χ1) is 10.0. The number of ketones is 1. The fourth-order valence-corrected chi connectivity index (χ4v) is 3.46. The minimum atomic E-state index is -0.376. The van der Waals surface area contributed by atoms with Crippen LogP contribution < -0.4 is 0 Å². The Kier molecular flexibility index (Phi) is 3.87. The Morgan fingerprint density at radius 1 is 1.05 bits per heavy atom. The molecule has 0 aliphatic heterocycles. The quantitative estimate of drug-likeness (QED) is 0.569. The molecule has 0 atom stereocenters. The Balaban J connectivity index is 1.91. The zero-order valence-corrected chi connectivity index (χ0v) is 13.1. The van der Waals surface area contributed by atoms with Gasteiger partial charge in [-0.25, -0.2) is 8.78 Å². The van der Waals surface area contributed by atoms with Crippen molar-refractivity contribution in [3.63, 3.8) is 0 Å². The average molecular weight is 367 g/mol. The highest BCUT2D eigenvalue weighted by atomic mass is 79.9. The summed E-state index contributed by atoms with van der Waals surface area (Å²) in [5.41, 5.74) is 0.601. The van der Waals surface area contributed by atoms with Crippen LogP contribution >= 0.6 is 27.3 Å². The van der Waals surface area contributed by atoms with E-state index in [9.17, 15) is 13.6 Å². The number of hydrogen-bond acceptors (Lipinski definition) is 2. The van der Waals surface area contributed by atoms with Gasteiger partial charge in [-0.05, 0) is 53.4 Å². The van der Waals surface area contributed by atoms with E-state index in [1.807, 2.05) is 0 Å². The van der Waals surface area contributed by atoms with E-state index < -0.39 is 0 Å². The molecule has 3 rings (SSSR count). The van der Waals surface area contributed by atoms with Gasteiger partial charge in [0.25, 0.3) is 0 Å². The summed E-state index contributed by atoms with van der Waals surface area (Å²) in [7, 11) is 0. The van der Waals surface area contributed by atoms with Gasteiger partial charge in [0.1, 0.15) is 11.6 Å². The number of thiophene rings is 1.